The number of carbonyl (C=O) groups is 1. The zero-order chi connectivity index (χ0) is 19.1. The lowest BCUT2D eigenvalue weighted by Gasteiger charge is -2.32. The number of nitrogens with zero attached hydrogens (tertiary/aromatic N) is 1. The molecule has 4 nitrogen and oxygen atoms in total. The molecule has 1 atom stereocenters. The van der Waals surface area contributed by atoms with Crippen molar-refractivity contribution in [2.45, 2.75) is 32.9 Å². The second kappa shape index (κ2) is 9.51. The van der Waals surface area contributed by atoms with Gasteiger partial charge in [-0.2, -0.15) is 0 Å². The van der Waals surface area contributed by atoms with Crippen LogP contribution in [-0.2, 0) is 17.9 Å². The zero-order valence-corrected chi connectivity index (χ0v) is 15.8. The van der Waals surface area contributed by atoms with Gasteiger partial charge in [0, 0.05) is 19.6 Å². The van der Waals surface area contributed by atoms with Crippen molar-refractivity contribution < 1.29 is 13.9 Å². The standard InChI is InChI=1S/C22H27FN2O2/c1-2-27-21-11-7-17(8-12-21)14-24-22(26)19-4-3-13-25(16-19)15-18-5-9-20(23)10-6-18/h5-12,19H,2-4,13-16H2,1H3,(H,24,26)/t19-/m1/s1. The van der Waals surface area contributed by atoms with E-state index in [0.717, 1.165) is 49.4 Å². The van der Waals surface area contributed by atoms with Crippen LogP contribution in [0.25, 0.3) is 0 Å². The summed E-state index contributed by atoms with van der Waals surface area (Å²) in [7, 11) is 0. The summed E-state index contributed by atoms with van der Waals surface area (Å²) in [6, 6.07) is 14.4. The van der Waals surface area contributed by atoms with Gasteiger partial charge in [0.1, 0.15) is 11.6 Å². The number of carbonyl (C=O) groups excluding carboxylic acids is 1. The Kier molecular flexibility index (Phi) is 6.82. The minimum Gasteiger partial charge on any atom is -0.494 e. The van der Waals surface area contributed by atoms with Gasteiger partial charge in [0.15, 0.2) is 0 Å². The van der Waals surface area contributed by atoms with Crippen molar-refractivity contribution in [1.82, 2.24) is 10.2 Å². The molecule has 1 aliphatic heterocycles. The maximum atomic E-state index is 13.0. The molecular weight excluding hydrogens is 343 g/mol. The van der Waals surface area contributed by atoms with E-state index in [9.17, 15) is 9.18 Å². The lowest BCUT2D eigenvalue weighted by Crippen LogP contribution is -2.42. The predicted molar refractivity (Wildman–Crippen MR) is 104 cm³/mol. The third-order valence-electron chi connectivity index (χ3n) is 4.90. The van der Waals surface area contributed by atoms with Crippen LogP contribution >= 0.6 is 0 Å². The van der Waals surface area contributed by atoms with E-state index >= 15 is 0 Å². The summed E-state index contributed by atoms with van der Waals surface area (Å²) in [5.41, 5.74) is 2.14. The second-order valence-corrected chi connectivity index (χ2v) is 7.00. The molecule has 2 aromatic carbocycles. The summed E-state index contributed by atoms with van der Waals surface area (Å²) in [5.74, 6) is 0.731. The highest BCUT2D eigenvalue weighted by molar-refractivity contribution is 5.79. The first kappa shape index (κ1) is 19.4. The minimum atomic E-state index is -0.219. The molecule has 3 rings (SSSR count). The number of likely N-dealkylation sites (tertiary alicyclic amines) is 1. The molecule has 1 aliphatic rings. The summed E-state index contributed by atoms with van der Waals surface area (Å²) in [6.07, 6.45) is 1.91. The molecule has 0 aliphatic carbocycles. The number of rotatable bonds is 7. The van der Waals surface area contributed by atoms with Crippen LogP contribution in [0.1, 0.15) is 30.9 Å². The fourth-order valence-corrected chi connectivity index (χ4v) is 3.46. The van der Waals surface area contributed by atoms with Gasteiger partial charge in [0.2, 0.25) is 5.91 Å². The van der Waals surface area contributed by atoms with Gasteiger partial charge in [-0.05, 0) is 61.7 Å². The molecule has 1 N–H and O–H groups in total. The number of hydrogen-bond donors (Lipinski definition) is 1. The van der Waals surface area contributed by atoms with E-state index in [2.05, 4.69) is 10.2 Å². The van der Waals surface area contributed by atoms with Crippen LogP contribution in [0, 0.1) is 11.7 Å². The number of amides is 1. The van der Waals surface area contributed by atoms with Gasteiger partial charge in [-0.1, -0.05) is 24.3 Å². The number of ether oxygens (including phenoxy) is 1. The zero-order valence-electron chi connectivity index (χ0n) is 15.8. The highest BCUT2D eigenvalue weighted by atomic mass is 19.1. The molecule has 0 bridgehead atoms. The van der Waals surface area contributed by atoms with Gasteiger partial charge in [-0.25, -0.2) is 4.39 Å². The van der Waals surface area contributed by atoms with Gasteiger partial charge < -0.3 is 10.1 Å². The second-order valence-electron chi connectivity index (χ2n) is 7.00. The first-order chi connectivity index (χ1) is 13.1. The Morgan fingerprint density at radius 2 is 1.85 bits per heavy atom. The Morgan fingerprint density at radius 1 is 1.15 bits per heavy atom. The van der Waals surface area contributed by atoms with E-state index in [1.807, 2.05) is 43.3 Å². The quantitative estimate of drug-likeness (QED) is 0.807. The van der Waals surface area contributed by atoms with Crippen LogP contribution in [0.3, 0.4) is 0 Å². The van der Waals surface area contributed by atoms with Crippen molar-refractivity contribution in [3.8, 4) is 5.75 Å². The lowest BCUT2D eigenvalue weighted by atomic mass is 9.96. The number of hydrogen-bond acceptors (Lipinski definition) is 3. The van der Waals surface area contributed by atoms with E-state index in [1.165, 1.54) is 12.1 Å². The Bertz CT molecular complexity index is 731. The largest absolute Gasteiger partial charge is 0.494 e. The third kappa shape index (κ3) is 5.79. The molecule has 1 amide bonds. The molecule has 0 radical (unpaired) electrons. The van der Waals surface area contributed by atoms with Crippen molar-refractivity contribution in [3.05, 3.63) is 65.5 Å². The van der Waals surface area contributed by atoms with Crippen LogP contribution in [-0.4, -0.2) is 30.5 Å². The van der Waals surface area contributed by atoms with Crippen molar-refractivity contribution in [2.24, 2.45) is 5.92 Å². The first-order valence-corrected chi connectivity index (χ1v) is 9.60. The Hall–Kier alpha value is -2.40. The van der Waals surface area contributed by atoms with Crippen LogP contribution in [0.4, 0.5) is 4.39 Å². The fraction of sp³-hybridized carbons (Fsp3) is 0.409. The molecule has 1 saturated heterocycles. The smallest absolute Gasteiger partial charge is 0.224 e. The average Bonchev–Trinajstić information content (AvgIpc) is 2.69. The van der Waals surface area contributed by atoms with E-state index in [0.29, 0.717) is 13.2 Å². The molecule has 0 aromatic heterocycles. The highest BCUT2D eigenvalue weighted by Crippen LogP contribution is 2.19. The van der Waals surface area contributed by atoms with Gasteiger partial charge in [0.25, 0.3) is 0 Å². The summed E-state index contributed by atoms with van der Waals surface area (Å²) in [4.78, 5) is 14.8. The summed E-state index contributed by atoms with van der Waals surface area (Å²) >= 11 is 0. The van der Waals surface area contributed by atoms with Crippen molar-refractivity contribution in [2.75, 3.05) is 19.7 Å². The topological polar surface area (TPSA) is 41.6 Å². The molecule has 0 saturated carbocycles. The Labute approximate surface area is 160 Å². The number of piperidine rings is 1. The van der Waals surface area contributed by atoms with Crippen LogP contribution < -0.4 is 10.1 Å². The fourth-order valence-electron chi connectivity index (χ4n) is 3.46. The maximum Gasteiger partial charge on any atom is 0.224 e. The van der Waals surface area contributed by atoms with Crippen LogP contribution in [0.15, 0.2) is 48.5 Å². The molecule has 144 valence electrons. The van der Waals surface area contributed by atoms with Crippen molar-refractivity contribution in [3.63, 3.8) is 0 Å². The molecule has 0 spiro atoms. The maximum absolute atomic E-state index is 13.0. The summed E-state index contributed by atoms with van der Waals surface area (Å²) < 4.78 is 18.5. The Morgan fingerprint density at radius 3 is 2.56 bits per heavy atom. The van der Waals surface area contributed by atoms with Crippen molar-refractivity contribution in [1.29, 1.82) is 0 Å². The van der Waals surface area contributed by atoms with Gasteiger partial charge in [-0.3, -0.25) is 9.69 Å². The number of halogens is 1. The van der Waals surface area contributed by atoms with E-state index in [1.54, 1.807) is 0 Å². The molecule has 1 fully saturated rings. The van der Waals surface area contributed by atoms with E-state index in [4.69, 9.17) is 4.74 Å². The summed E-state index contributed by atoms with van der Waals surface area (Å²) in [6.45, 7) is 5.60. The molecule has 2 aromatic rings. The molecule has 5 heteroatoms. The summed E-state index contributed by atoms with van der Waals surface area (Å²) in [5, 5.41) is 3.06. The van der Waals surface area contributed by atoms with Crippen LogP contribution in [0.5, 0.6) is 5.75 Å². The number of benzene rings is 2. The monoisotopic (exact) mass is 370 g/mol. The lowest BCUT2D eigenvalue weighted by molar-refractivity contribution is -0.126. The highest BCUT2D eigenvalue weighted by Gasteiger charge is 2.25. The normalized spacial score (nSPS) is 17.5. The SMILES string of the molecule is CCOc1ccc(CNC(=O)[C@@H]2CCCN(Cc3ccc(F)cc3)C2)cc1. The first-order valence-electron chi connectivity index (χ1n) is 9.60. The van der Waals surface area contributed by atoms with E-state index < -0.39 is 0 Å². The van der Waals surface area contributed by atoms with Gasteiger partial charge in [0.05, 0.1) is 12.5 Å². The van der Waals surface area contributed by atoms with Crippen LogP contribution in [0.2, 0.25) is 0 Å². The van der Waals surface area contributed by atoms with E-state index in [-0.39, 0.29) is 17.6 Å². The van der Waals surface area contributed by atoms with Gasteiger partial charge in [-0.15, -0.1) is 0 Å². The molecule has 27 heavy (non-hydrogen) atoms. The minimum absolute atomic E-state index is 0.00176. The third-order valence-corrected chi connectivity index (χ3v) is 4.90. The van der Waals surface area contributed by atoms with Crippen molar-refractivity contribution >= 4 is 5.91 Å². The molecule has 0 unspecified atom stereocenters. The average molecular weight is 370 g/mol. The number of nitrogens with one attached hydrogen (secondary N) is 1. The Balaban J connectivity index is 1.48. The molecular formula is C22H27FN2O2. The van der Waals surface area contributed by atoms with Gasteiger partial charge >= 0.3 is 0 Å². The predicted octanol–water partition coefficient (Wildman–Crippen LogP) is 3.75. The molecule has 1 heterocycles.